The molecule has 33 heavy (non-hydrogen) atoms. The van der Waals surface area contributed by atoms with Gasteiger partial charge in [-0.05, 0) is 37.0 Å². The third-order valence-corrected chi connectivity index (χ3v) is 6.17. The molecule has 0 bridgehead atoms. The molecule has 1 unspecified atom stereocenters. The molecule has 1 aliphatic rings. The van der Waals surface area contributed by atoms with E-state index in [2.05, 4.69) is 16.5 Å². The first-order valence-electron chi connectivity index (χ1n) is 10.4. The first kappa shape index (κ1) is 24.5. The van der Waals surface area contributed by atoms with Crippen molar-refractivity contribution in [1.29, 1.82) is 5.26 Å². The number of aromatic nitrogens is 2. The molecule has 178 valence electrons. The maximum atomic E-state index is 13.0. The smallest absolute Gasteiger partial charge is 0.393 e. The maximum absolute atomic E-state index is 13.0. The Morgan fingerprint density at radius 3 is 2.48 bits per heavy atom. The van der Waals surface area contributed by atoms with E-state index in [1.165, 1.54) is 49.0 Å². The van der Waals surface area contributed by atoms with Gasteiger partial charge in [-0.15, -0.1) is 0 Å². The number of benzene rings is 1. The lowest BCUT2D eigenvalue weighted by molar-refractivity contribution is -0.221. The number of hydrogen-bond donors (Lipinski definition) is 4. The van der Waals surface area contributed by atoms with E-state index >= 15 is 0 Å². The van der Waals surface area contributed by atoms with Crippen LogP contribution < -0.4 is 11.1 Å². The zero-order valence-corrected chi connectivity index (χ0v) is 18.2. The van der Waals surface area contributed by atoms with Gasteiger partial charge in [0.1, 0.15) is 5.56 Å². The number of hydrogen-bond acceptors (Lipinski definition) is 6. The molecule has 1 aromatic carbocycles. The molecule has 11 heteroatoms. The number of anilines is 2. The summed E-state index contributed by atoms with van der Waals surface area (Å²) in [6.45, 7) is 2.60. The van der Waals surface area contributed by atoms with Gasteiger partial charge in [0.25, 0.3) is 5.91 Å². The van der Waals surface area contributed by atoms with Crippen LogP contribution in [0.5, 0.6) is 0 Å². The number of amides is 1. The second-order valence-electron chi connectivity index (χ2n) is 8.87. The number of aliphatic hydroxyl groups excluding tert-OH is 2. The Morgan fingerprint density at radius 1 is 1.30 bits per heavy atom. The van der Waals surface area contributed by atoms with Crippen LogP contribution in [0.3, 0.4) is 0 Å². The molecule has 1 saturated carbocycles. The number of aliphatic hydroxyl groups is 2. The Hall–Kier alpha value is -3.10. The van der Waals surface area contributed by atoms with Crippen LogP contribution in [0.25, 0.3) is 0 Å². The van der Waals surface area contributed by atoms with Gasteiger partial charge in [-0.2, -0.15) is 23.5 Å². The van der Waals surface area contributed by atoms with Crippen molar-refractivity contribution < 1.29 is 28.2 Å². The molecule has 5 N–H and O–H groups in total. The molecule has 0 spiro atoms. The second kappa shape index (κ2) is 9.03. The predicted octanol–water partition coefficient (Wildman–Crippen LogP) is 3.15. The molecule has 4 atom stereocenters. The summed E-state index contributed by atoms with van der Waals surface area (Å²) in [5.41, 5.74) is 4.72. The summed E-state index contributed by atoms with van der Waals surface area (Å²) in [5.74, 6) is -1.07. The monoisotopic (exact) mass is 465 g/mol. The summed E-state index contributed by atoms with van der Waals surface area (Å²) < 4.78 is 40.5. The number of nitrogens with two attached hydrogens (primary N) is 1. The molecule has 0 aliphatic heterocycles. The summed E-state index contributed by atoms with van der Waals surface area (Å²) in [4.78, 5) is 12.0. The fourth-order valence-corrected chi connectivity index (χ4v) is 4.11. The summed E-state index contributed by atoms with van der Waals surface area (Å²) in [6.07, 6.45) is -5.11. The summed E-state index contributed by atoms with van der Waals surface area (Å²) in [7, 11) is 0. The van der Waals surface area contributed by atoms with Crippen molar-refractivity contribution in [2.45, 2.75) is 63.0 Å². The molecular weight excluding hydrogens is 439 g/mol. The van der Waals surface area contributed by atoms with E-state index in [1.807, 2.05) is 0 Å². The summed E-state index contributed by atoms with van der Waals surface area (Å²) >= 11 is 0. The van der Waals surface area contributed by atoms with Crippen LogP contribution in [0, 0.1) is 17.2 Å². The highest BCUT2D eigenvalue weighted by molar-refractivity contribution is 5.98. The maximum Gasteiger partial charge on any atom is 0.415 e. The van der Waals surface area contributed by atoms with E-state index in [9.17, 15) is 33.4 Å². The zero-order chi connectivity index (χ0) is 24.6. The number of rotatable bonds is 6. The van der Waals surface area contributed by atoms with E-state index in [0.29, 0.717) is 24.9 Å². The van der Waals surface area contributed by atoms with Gasteiger partial charge in [-0.3, -0.25) is 9.48 Å². The fourth-order valence-electron chi connectivity index (χ4n) is 4.11. The van der Waals surface area contributed by atoms with E-state index in [1.54, 1.807) is 0 Å². The van der Waals surface area contributed by atoms with Crippen LogP contribution in [-0.4, -0.2) is 44.3 Å². The zero-order valence-electron chi connectivity index (χ0n) is 18.2. The lowest BCUT2D eigenvalue weighted by Gasteiger charge is -2.32. The van der Waals surface area contributed by atoms with Crippen LogP contribution >= 0.6 is 0 Å². The molecule has 1 amide bonds. The van der Waals surface area contributed by atoms with E-state index in [0.717, 1.165) is 0 Å². The third kappa shape index (κ3) is 5.12. The number of primary amides is 1. The minimum absolute atomic E-state index is 0.0923. The largest absolute Gasteiger partial charge is 0.415 e. The number of carbonyl (C=O) groups is 1. The average molecular weight is 465 g/mol. The Morgan fingerprint density at radius 2 is 1.94 bits per heavy atom. The Labute approximate surface area is 188 Å². The Kier molecular flexibility index (Phi) is 6.72. The van der Waals surface area contributed by atoms with Crippen molar-refractivity contribution in [3.05, 3.63) is 41.6 Å². The quantitative estimate of drug-likeness (QED) is 0.517. The third-order valence-electron chi connectivity index (χ3n) is 6.17. The van der Waals surface area contributed by atoms with Crippen molar-refractivity contribution in [3.8, 4) is 6.07 Å². The SMILES string of the molecule is CC(C)(c1ccc(Nc2nn([C@H]3CC[C@H](O)C[C@@H]3C#N)cc2C(N)=O)cc1)C(O)C(F)(F)F. The van der Waals surface area contributed by atoms with Gasteiger partial charge in [0.05, 0.1) is 24.1 Å². The molecule has 3 rings (SSSR count). The second-order valence-corrected chi connectivity index (χ2v) is 8.87. The standard InChI is InChI=1S/C22H26F3N5O3/c1-21(2,20(33)22(23,24)25)13-3-5-14(6-4-13)28-19-16(18(27)32)11-30(29-19)17-8-7-15(31)9-12(17)10-26/h3-6,11-12,15,17,20,31,33H,7-9H2,1-2H3,(H2,27,32)(H,28,29)/t12-,15+,17+,20?/m1/s1. The van der Waals surface area contributed by atoms with E-state index in [-0.39, 0.29) is 23.0 Å². The predicted molar refractivity (Wildman–Crippen MR) is 114 cm³/mol. The molecule has 0 radical (unpaired) electrons. The van der Waals surface area contributed by atoms with Gasteiger partial charge >= 0.3 is 6.18 Å². The van der Waals surface area contributed by atoms with Crippen LogP contribution in [0.4, 0.5) is 24.7 Å². The van der Waals surface area contributed by atoms with Crippen molar-refractivity contribution in [1.82, 2.24) is 9.78 Å². The van der Waals surface area contributed by atoms with Gasteiger partial charge in [0.2, 0.25) is 0 Å². The summed E-state index contributed by atoms with van der Waals surface area (Å²) in [6, 6.07) is 7.77. The molecule has 8 nitrogen and oxygen atoms in total. The number of nitrogens with zero attached hydrogens (tertiary/aromatic N) is 3. The molecule has 1 aromatic heterocycles. The fraction of sp³-hybridized carbons (Fsp3) is 0.500. The highest BCUT2D eigenvalue weighted by atomic mass is 19.4. The van der Waals surface area contributed by atoms with Gasteiger partial charge in [0, 0.05) is 17.3 Å². The topological polar surface area (TPSA) is 137 Å². The number of alkyl halides is 3. The highest BCUT2D eigenvalue weighted by Crippen LogP contribution is 2.38. The first-order chi connectivity index (χ1) is 15.3. The lowest BCUT2D eigenvalue weighted by Crippen LogP contribution is -2.44. The van der Waals surface area contributed by atoms with Crippen molar-refractivity contribution in [3.63, 3.8) is 0 Å². The Balaban J connectivity index is 1.85. The van der Waals surface area contributed by atoms with Gasteiger partial charge in [0.15, 0.2) is 11.9 Å². The minimum atomic E-state index is -4.76. The molecular formula is C22H26F3N5O3. The molecule has 2 aromatic rings. The average Bonchev–Trinajstić information content (AvgIpc) is 3.16. The number of carbonyl (C=O) groups excluding carboxylic acids is 1. The van der Waals surface area contributed by atoms with Crippen molar-refractivity contribution in [2.75, 3.05) is 5.32 Å². The van der Waals surface area contributed by atoms with Crippen LogP contribution in [0.2, 0.25) is 0 Å². The lowest BCUT2D eigenvalue weighted by atomic mass is 9.79. The molecule has 1 heterocycles. The van der Waals surface area contributed by atoms with E-state index < -0.39 is 35.6 Å². The molecule has 0 saturated heterocycles. The first-order valence-corrected chi connectivity index (χ1v) is 10.4. The van der Waals surface area contributed by atoms with Crippen LogP contribution in [0.1, 0.15) is 55.1 Å². The molecule has 1 aliphatic carbocycles. The number of nitriles is 1. The van der Waals surface area contributed by atoms with E-state index in [4.69, 9.17) is 5.73 Å². The summed E-state index contributed by atoms with van der Waals surface area (Å²) in [5, 5.41) is 36.3. The van der Waals surface area contributed by atoms with Crippen LogP contribution in [-0.2, 0) is 5.41 Å². The van der Waals surface area contributed by atoms with Crippen LogP contribution in [0.15, 0.2) is 30.5 Å². The van der Waals surface area contributed by atoms with Gasteiger partial charge in [-0.25, -0.2) is 0 Å². The van der Waals surface area contributed by atoms with Crippen molar-refractivity contribution >= 4 is 17.4 Å². The molecule has 1 fully saturated rings. The minimum Gasteiger partial charge on any atom is -0.393 e. The van der Waals surface area contributed by atoms with Gasteiger partial charge in [-0.1, -0.05) is 26.0 Å². The van der Waals surface area contributed by atoms with Crippen molar-refractivity contribution in [2.24, 2.45) is 11.7 Å². The normalized spacial score (nSPS) is 22.4. The van der Waals surface area contributed by atoms with Gasteiger partial charge < -0.3 is 21.3 Å². The highest BCUT2D eigenvalue weighted by Gasteiger charge is 2.48. The Bertz CT molecular complexity index is 1040. The number of nitrogens with one attached hydrogen (secondary N) is 1. The number of halogens is 3.